The normalized spacial score (nSPS) is 20.4. The molecule has 1 rings (SSSR count). The van der Waals surface area contributed by atoms with Gasteiger partial charge in [0.15, 0.2) is 0 Å². The third-order valence-corrected chi connectivity index (χ3v) is 4.20. The van der Waals surface area contributed by atoms with Crippen LogP contribution in [0.3, 0.4) is 0 Å². The van der Waals surface area contributed by atoms with Crippen LogP contribution in [-0.4, -0.2) is 40.6 Å². The number of hydrogen-bond acceptors (Lipinski definition) is 3. The number of aliphatic hydroxyl groups excluding tert-OH is 1. The Morgan fingerprint density at radius 2 is 1.88 bits per heavy atom. The van der Waals surface area contributed by atoms with E-state index >= 15 is 0 Å². The lowest BCUT2D eigenvalue weighted by Gasteiger charge is -2.38. The second-order valence-electron chi connectivity index (χ2n) is 5.23. The van der Waals surface area contributed by atoms with E-state index in [2.05, 4.69) is 0 Å². The summed E-state index contributed by atoms with van der Waals surface area (Å²) in [6, 6.07) is 0. The summed E-state index contributed by atoms with van der Waals surface area (Å²) in [4.78, 5) is 14.2. The van der Waals surface area contributed by atoms with Crippen LogP contribution in [0.15, 0.2) is 0 Å². The second kappa shape index (κ2) is 5.83. The van der Waals surface area contributed by atoms with Gasteiger partial charge in [-0.1, -0.05) is 13.8 Å². The molecule has 0 aromatic heterocycles. The van der Waals surface area contributed by atoms with Gasteiger partial charge < -0.3 is 15.7 Å². The molecule has 0 aromatic carbocycles. The van der Waals surface area contributed by atoms with Gasteiger partial charge in [0.2, 0.25) is 5.91 Å². The molecular weight excluding hydrogens is 216 g/mol. The highest BCUT2D eigenvalue weighted by Crippen LogP contribution is 2.24. The Kier molecular flexibility index (Phi) is 4.95. The number of likely N-dealkylation sites (tertiary alicyclic amines) is 1. The predicted molar refractivity (Wildman–Crippen MR) is 68.5 cm³/mol. The Bertz CT molecular complexity index is 254. The molecule has 4 heteroatoms. The smallest absolute Gasteiger partial charge is 0.242 e. The molecule has 0 spiro atoms. The van der Waals surface area contributed by atoms with Crippen molar-refractivity contribution >= 4 is 5.91 Å². The lowest BCUT2D eigenvalue weighted by Crippen LogP contribution is -2.56. The monoisotopic (exact) mass is 242 g/mol. The second-order valence-corrected chi connectivity index (χ2v) is 5.23. The summed E-state index contributed by atoms with van der Waals surface area (Å²) in [6.07, 6.45) is 2.85. The third kappa shape index (κ3) is 3.19. The molecule has 1 saturated heterocycles. The Morgan fingerprint density at radius 3 is 2.24 bits per heavy atom. The summed E-state index contributed by atoms with van der Waals surface area (Å²) < 4.78 is 0. The number of carbonyl (C=O) groups excluding carboxylic acids is 1. The van der Waals surface area contributed by atoms with Crippen molar-refractivity contribution in [3.8, 4) is 0 Å². The maximum atomic E-state index is 12.3. The van der Waals surface area contributed by atoms with Gasteiger partial charge in [-0.25, -0.2) is 0 Å². The minimum absolute atomic E-state index is 0.0755. The quantitative estimate of drug-likeness (QED) is 0.776. The van der Waals surface area contributed by atoms with Crippen molar-refractivity contribution in [1.82, 2.24) is 4.90 Å². The van der Waals surface area contributed by atoms with E-state index < -0.39 is 5.54 Å². The third-order valence-electron chi connectivity index (χ3n) is 4.20. The molecule has 1 atom stereocenters. The van der Waals surface area contributed by atoms with Crippen molar-refractivity contribution < 1.29 is 9.90 Å². The fraction of sp³-hybridized carbons (Fsp3) is 0.923. The molecule has 1 aliphatic rings. The van der Waals surface area contributed by atoms with Gasteiger partial charge in [0.05, 0.1) is 11.6 Å². The van der Waals surface area contributed by atoms with Crippen LogP contribution in [0, 0.1) is 5.92 Å². The molecule has 1 unspecified atom stereocenters. The number of nitrogens with zero attached hydrogens (tertiary/aromatic N) is 1. The van der Waals surface area contributed by atoms with E-state index in [0.717, 1.165) is 25.9 Å². The summed E-state index contributed by atoms with van der Waals surface area (Å²) in [6.45, 7) is 7.21. The Morgan fingerprint density at radius 1 is 1.41 bits per heavy atom. The van der Waals surface area contributed by atoms with Crippen molar-refractivity contribution in [2.24, 2.45) is 11.7 Å². The zero-order chi connectivity index (χ0) is 13.1. The molecule has 1 heterocycles. The van der Waals surface area contributed by atoms with Crippen LogP contribution < -0.4 is 5.73 Å². The average Bonchev–Trinajstić information content (AvgIpc) is 2.37. The molecule has 0 radical (unpaired) electrons. The number of hydrogen-bond donors (Lipinski definition) is 2. The van der Waals surface area contributed by atoms with E-state index in [1.807, 2.05) is 25.7 Å². The topological polar surface area (TPSA) is 66.6 Å². The molecule has 17 heavy (non-hydrogen) atoms. The first-order chi connectivity index (χ1) is 7.94. The molecule has 1 amide bonds. The van der Waals surface area contributed by atoms with Crippen molar-refractivity contribution in [2.45, 2.75) is 58.1 Å². The van der Waals surface area contributed by atoms with Crippen LogP contribution in [0.25, 0.3) is 0 Å². The molecule has 0 aromatic rings. The summed E-state index contributed by atoms with van der Waals surface area (Å²) in [7, 11) is 0. The fourth-order valence-corrected chi connectivity index (χ4v) is 2.45. The predicted octanol–water partition coefficient (Wildman–Crippen LogP) is 1.12. The van der Waals surface area contributed by atoms with Crippen LogP contribution in [0.5, 0.6) is 0 Å². The number of piperidine rings is 1. The van der Waals surface area contributed by atoms with E-state index in [1.54, 1.807) is 0 Å². The van der Waals surface area contributed by atoms with Crippen molar-refractivity contribution in [1.29, 1.82) is 0 Å². The molecule has 3 N–H and O–H groups in total. The molecule has 1 fully saturated rings. The minimum Gasteiger partial charge on any atom is -0.393 e. The molecule has 100 valence electrons. The van der Waals surface area contributed by atoms with Crippen molar-refractivity contribution in [3.63, 3.8) is 0 Å². The van der Waals surface area contributed by atoms with Crippen LogP contribution in [0.2, 0.25) is 0 Å². The Labute approximate surface area is 104 Å². The standard InChI is InChI=1S/C13H26N2O2/c1-4-13(14,5-2)12(17)15-8-6-11(7-9-15)10(3)16/h10-11,16H,4-9,14H2,1-3H3. The van der Waals surface area contributed by atoms with E-state index in [0.29, 0.717) is 18.8 Å². The highest BCUT2D eigenvalue weighted by Gasteiger charge is 2.36. The van der Waals surface area contributed by atoms with Crippen molar-refractivity contribution in [2.75, 3.05) is 13.1 Å². The number of nitrogens with two attached hydrogens (primary N) is 1. The van der Waals surface area contributed by atoms with Gasteiger partial charge in [-0.15, -0.1) is 0 Å². The van der Waals surface area contributed by atoms with Gasteiger partial charge in [0.1, 0.15) is 0 Å². The van der Waals surface area contributed by atoms with Gasteiger partial charge in [0.25, 0.3) is 0 Å². The maximum Gasteiger partial charge on any atom is 0.242 e. The minimum atomic E-state index is -0.697. The number of aliphatic hydroxyl groups is 1. The largest absolute Gasteiger partial charge is 0.393 e. The number of rotatable bonds is 4. The van der Waals surface area contributed by atoms with Gasteiger partial charge in [-0.3, -0.25) is 4.79 Å². The van der Waals surface area contributed by atoms with Gasteiger partial charge in [0, 0.05) is 13.1 Å². The maximum absolute atomic E-state index is 12.3. The average molecular weight is 242 g/mol. The summed E-state index contributed by atoms with van der Waals surface area (Å²) in [5, 5.41) is 9.53. The summed E-state index contributed by atoms with van der Waals surface area (Å²) in [5.74, 6) is 0.404. The van der Waals surface area contributed by atoms with E-state index in [9.17, 15) is 9.90 Å². The molecule has 0 aliphatic carbocycles. The fourth-order valence-electron chi connectivity index (χ4n) is 2.45. The molecule has 0 saturated carbocycles. The van der Waals surface area contributed by atoms with E-state index in [-0.39, 0.29) is 12.0 Å². The summed E-state index contributed by atoms with van der Waals surface area (Å²) in [5.41, 5.74) is 5.43. The first-order valence-corrected chi connectivity index (χ1v) is 6.71. The van der Waals surface area contributed by atoms with E-state index in [1.165, 1.54) is 0 Å². The molecule has 0 bridgehead atoms. The van der Waals surface area contributed by atoms with Crippen LogP contribution in [0.4, 0.5) is 0 Å². The van der Waals surface area contributed by atoms with Gasteiger partial charge in [-0.2, -0.15) is 0 Å². The number of carbonyl (C=O) groups is 1. The highest BCUT2D eigenvalue weighted by atomic mass is 16.3. The SMILES string of the molecule is CCC(N)(CC)C(=O)N1CCC(C(C)O)CC1. The Hall–Kier alpha value is -0.610. The van der Waals surface area contributed by atoms with Crippen LogP contribution in [-0.2, 0) is 4.79 Å². The van der Waals surface area contributed by atoms with Crippen LogP contribution >= 0.6 is 0 Å². The summed E-state index contributed by atoms with van der Waals surface area (Å²) >= 11 is 0. The first kappa shape index (κ1) is 14.5. The lowest BCUT2D eigenvalue weighted by atomic mass is 9.88. The Balaban J connectivity index is 2.57. The zero-order valence-corrected chi connectivity index (χ0v) is 11.3. The van der Waals surface area contributed by atoms with E-state index in [4.69, 9.17) is 5.73 Å². The molecule has 1 aliphatic heterocycles. The van der Waals surface area contributed by atoms with Crippen LogP contribution in [0.1, 0.15) is 46.5 Å². The highest BCUT2D eigenvalue weighted by molar-refractivity contribution is 5.86. The van der Waals surface area contributed by atoms with Crippen molar-refractivity contribution in [3.05, 3.63) is 0 Å². The number of amides is 1. The zero-order valence-electron chi connectivity index (χ0n) is 11.3. The van der Waals surface area contributed by atoms with Gasteiger partial charge >= 0.3 is 0 Å². The first-order valence-electron chi connectivity index (χ1n) is 6.71. The van der Waals surface area contributed by atoms with Gasteiger partial charge in [-0.05, 0) is 38.5 Å². The molecular formula is C13H26N2O2. The molecule has 4 nitrogen and oxygen atoms in total. The lowest BCUT2D eigenvalue weighted by molar-refractivity contribution is -0.139.